The van der Waals surface area contributed by atoms with Crippen molar-refractivity contribution in [3.8, 4) is 5.69 Å². The second kappa shape index (κ2) is 5.98. The summed E-state index contributed by atoms with van der Waals surface area (Å²) < 4.78 is 3.16. The zero-order valence-corrected chi connectivity index (χ0v) is 14.0. The SMILES string of the molecule is Cc1cccc(Cn2cnc3c(nnn3-c3cccc(C)c3)c2=O)c1. The van der Waals surface area contributed by atoms with Crippen LogP contribution in [0.15, 0.2) is 59.7 Å². The molecule has 2 heterocycles. The van der Waals surface area contributed by atoms with Gasteiger partial charge >= 0.3 is 0 Å². The number of rotatable bonds is 3. The maximum atomic E-state index is 12.7. The molecule has 0 saturated carbocycles. The Morgan fingerprint density at radius 3 is 2.52 bits per heavy atom. The Morgan fingerprint density at radius 1 is 1.00 bits per heavy atom. The summed E-state index contributed by atoms with van der Waals surface area (Å²) in [4.78, 5) is 17.2. The van der Waals surface area contributed by atoms with Crippen LogP contribution < -0.4 is 5.56 Å². The minimum absolute atomic E-state index is 0.189. The molecule has 0 bridgehead atoms. The summed E-state index contributed by atoms with van der Waals surface area (Å²) in [6.07, 6.45) is 1.56. The van der Waals surface area contributed by atoms with Crippen LogP contribution in [0.2, 0.25) is 0 Å². The lowest BCUT2D eigenvalue weighted by molar-refractivity contribution is 0.744. The molecule has 6 heteroatoms. The third-order valence-corrected chi connectivity index (χ3v) is 4.11. The van der Waals surface area contributed by atoms with E-state index < -0.39 is 0 Å². The van der Waals surface area contributed by atoms with E-state index in [0.29, 0.717) is 12.2 Å². The molecule has 0 N–H and O–H groups in total. The van der Waals surface area contributed by atoms with E-state index in [2.05, 4.69) is 21.4 Å². The maximum Gasteiger partial charge on any atom is 0.283 e. The first-order chi connectivity index (χ1) is 12.1. The molecule has 0 aliphatic heterocycles. The minimum atomic E-state index is -0.189. The summed E-state index contributed by atoms with van der Waals surface area (Å²) in [5.74, 6) is 0. The zero-order chi connectivity index (χ0) is 17.4. The number of nitrogens with zero attached hydrogens (tertiary/aromatic N) is 5. The third kappa shape index (κ3) is 2.82. The van der Waals surface area contributed by atoms with Crippen molar-refractivity contribution < 1.29 is 0 Å². The van der Waals surface area contributed by atoms with E-state index in [1.165, 1.54) is 0 Å². The molecule has 2 aromatic carbocycles. The first kappa shape index (κ1) is 15.3. The van der Waals surface area contributed by atoms with Crippen LogP contribution in [-0.2, 0) is 6.54 Å². The molecule has 4 aromatic rings. The maximum absolute atomic E-state index is 12.7. The summed E-state index contributed by atoms with van der Waals surface area (Å²) in [5, 5.41) is 8.18. The lowest BCUT2D eigenvalue weighted by atomic mass is 10.1. The highest BCUT2D eigenvalue weighted by Gasteiger charge is 2.13. The van der Waals surface area contributed by atoms with Crippen LogP contribution in [0.3, 0.4) is 0 Å². The molecule has 0 saturated heterocycles. The largest absolute Gasteiger partial charge is 0.293 e. The van der Waals surface area contributed by atoms with E-state index in [4.69, 9.17) is 0 Å². The van der Waals surface area contributed by atoms with Crippen LogP contribution in [0.5, 0.6) is 0 Å². The summed E-state index contributed by atoms with van der Waals surface area (Å²) in [6, 6.07) is 15.9. The second-order valence-electron chi connectivity index (χ2n) is 6.18. The summed E-state index contributed by atoms with van der Waals surface area (Å²) >= 11 is 0. The number of hydrogen-bond donors (Lipinski definition) is 0. The van der Waals surface area contributed by atoms with Gasteiger partial charge in [0.25, 0.3) is 5.56 Å². The van der Waals surface area contributed by atoms with Crippen molar-refractivity contribution in [1.82, 2.24) is 24.5 Å². The molecule has 0 radical (unpaired) electrons. The topological polar surface area (TPSA) is 65.6 Å². The Morgan fingerprint density at radius 2 is 1.76 bits per heavy atom. The molecular weight excluding hydrogens is 314 g/mol. The van der Waals surface area contributed by atoms with Gasteiger partial charge in [0, 0.05) is 0 Å². The molecule has 0 amide bonds. The fourth-order valence-corrected chi connectivity index (χ4v) is 2.90. The predicted molar refractivity (Wildman–Crippen MR) is 95.9 cm³/mol. The van der Waals surface area contributed by atoms with Crippen LogP contribution in [0.4, 0.5) is 0 Å². The number of fused-ring (bicyclic) bond motifs is 1. The first-order valence-electron chi connectivity index (χ1n) is 8.05. The number of benzene rings is 2. The molecule has 2 aromatic heterocycles. The summed E-state index contributed by atoms with van der Waals surface area (Å²) in [5.41, 5.74) is 4.71. The summed E-state index contributed by atoms with van der Waals surface area (Å²) in [7, 11) is 0. The average Bonchev–Trinajstić information content (AvgIpc) is 3.02. The van der Waals surface area contributed by atoms with Crippen molar-refractivity contribution in [2.75, 3.05) is 0 Å². The van der Waals surface area contributed by atoms with Gasteiger partial charge < -0.3 is 0 Å². The average molecular weight is 331 g/mol. The molecule has 0 aliphatic carbocycles. The van der Waals surface area contributed by atoms with Crippen molar-refractivity contribution in [1.29, 1.82) is 0 Å². The van der Waals surface area contributed by atoms with Gasteiger partial charge in [-0.2, -0.15) is 4.68 Å². The Hall–Kier alpha value is -3.28. The van der Waals surface area contributed by atoms with Gasteiger partial charge in [0.05, 0.1) is 12.2 Å². The van der Waals surface area contributed by atoms with E-state index in [0.717, 1.165) is 22.4 Å². The molecule has 0 spiro atoms. The lowest BCUT2D eigenvalue weighted by Crippen LogP contribution is -2.21. The predicted octanol–water partition coefficient (Wildman–Crippen LogP) is 2.64. The Balaban J connectivity index is 1.78. The van der Waals surface area contributed by atoms with E-state index in [-0.39, 0.29) is 11.1 Å². The van der Waals surface area contributed by atoms with Gasteiger partial charge in [0.2, 0.25) is 0 Å². The fourth-order valence-electron chi connectivity index (χ4n) is 2.90. The Kier molecular flexibility index (Phi) is 3.65. The molecule has 0 unspecified atom stereocenters. The van der Waals surface area contributed by atoms with E-state index in [1.54, 1.807) is 15.6 Å². The highest BCUT2D eigenvalue weighted by molar-refractivity contribution is 5.70. The van der Waals surface area contributed by atoms with Gasteiger partial charge in [-0.15, -0.1) is 5.10 Å². The lowest BCUT2D eigenvalue weighted by Gasteiger charge is -2.06. The molecule has 0 aliphatic rings. The molecular formula is C19H17N5O. The highest BCUT2D eigenvalue weighted by Crippen LogP contribution is 2.13. The van der Waals surface area contributed by atoms with Crippen LogP contribution >= 0.6 is 0 Å². The van der Waals surface area contributed by atoms with E-state index >= 15 is 0 Å². The van der Waals surface area contributed by atoms with Crippen LogP contribution in [0.1, 0.15) is 16.7 Å². The molecule has 6 nitrogen and oxygen atoms in total. The Bertz CT molecular complexity index is 1130. The second-order valence-corrected chi connectivity index (χ2v) is 6.18. The minimum Gasteiger partial charge on any atom is -0.293 e. The quantitative estimate of drug-likeness (QED) is 0.579. The van der Waals surface area contributed by atoms with Crippen LogP contribution in [0.25, 0.3) is 16.9 Å². The zero-order valence-electron chi connectivity index (χ0n) is 14.0. The molecule has 25 heavy (non-hydrogen) atoms. The van der Waals surface area contributed by atoms with Crippen molar-refractivity contribution in [3.63, 3.8) is 0 Å². The number of aryl methyl sites for hydroxylation is 2. The standard InChI is InChI=1S/C19H17N5O/c1-13-5-3-7-15(9-13)11-23-12-20-18-17(19(23)25)21-22-24(18)16-8-4-6-14(2)10-16/h3-10,12H,11H2,1-2H3. The molecule has 0 atom stereocenters. The van der Waals surface area contributed by atoms with Gasteiger partial charge in [-0.1, -0.05) is 47.2 Å². The number of hydrogen-bond acceptors (Lipinski definition) is 4. The highest BCUT2D eigenvalue weighted by atomic mass is 16.1. The van der Waals surface area contributed by atoms with Crippen molar-refractivity contribution in [3.05, 3.63) is 81.9 Å². The van der Waals surface area contributed by atoms with Crippen molar-refractivity contribution in [2.45, 2.75) is 20.4 Å². The first-order valence-corrected chi connectivity index (χ1v) is 8.05. The van der Waals surface area contributed by atoms with Gasteiger partial charge in [-0.05, 0) is 37.1 Å². The van der Waals surface area contributed by atoms with Crippen molar-refractivity contribution >= 4 is 11.2 Å². The smallest absolute Gasteiger partial charge is 0.283 e. The number of aromatic nitrogens is 5. The Labute approximate surface area is 144 Å². The molecule has 4 rings (SSSR count). The fraction of sp³-hybridized carbons (Fsp3) is 0.158. The molecule has 0 fully saturated rings. The normalized spacial score (nSPS) is 11.1. The van der Waals surface area contributed by atoms with Gasteiger partial charge in [-0.3, -0.25) is 9.36 Å². The third-order valence-electron chi connectivity index (χ3n) is 4.11. The van der Waals surface area contributed by atoms with Gasteiger partial charge in [0.15, 0.2) is 11.2 Å². The van der Waals surface area contributed by atoms with E-state index in [9.17, 15) is 4.79 Å². The van der Waals surface area contributed by atoms with Gasteiger partial charge in [0.1, 0.15) is 6.33 Å². The monoisotopic (exact) mass is 331 g/mol. The molecule has 124 valence electrons. The van der Waals surface area contributed by atoms with Crippen LogP contribution in [-0.4, -0.2) is 24.5 Å². The summed E-state index contributed by atoms with van der Waals surface area (Å²) in [6.45, 7) is 4.49. The van der Waals surface area contributed by atoms with Gasteiger partial charge in [-0.25, -0.2) is 4.98 Å². The van der Waals surface area contributed by atoms with Crippen LogP contribution in [0, 0.1) is 13.8 Å². The van der Waals surface area contributed by atoms with Crippen molar-refractivity contribution in [2.24, 2.45) is 0 Å². The van der Waals surface area contributed by atoms with E-state index in [1.807, 2.05) is 56.3 Å².